The van der Waals surface area contributed by atoms with E-state index in [0.29, 0.717) is 11.4 Å². The van der Waals surface area contributed by atoms with Gasteiger partial charge in [-0.3, -0.25) is 28.8 Å². The third-order valence-corrected chi connectivity index (χ3v) is 8.38. The van der Waals surface area contributed by atoms with Gasteiger partial charge in [-0.05, 0) is 31.7 Å². The number of nitrogens with zero attached hydrogens (tertiary/aromatic N) is 3. The van der Waals surface area contributed by atoms with Gasteiger partial charge in [0, 0.05) is 32.6 Å². The first-order chi connectivity index (χ1) is 21.8. The van der Waals surface area contributed by atoms with Crippen LogP contribution in [0.25, 0.3) is 0 Å². The first-order valence-electron chi connectivity index (χ1n) is 15.0. The molecule has 0 unspecified atom stereocenters. The van der Waals surface area contributed by atoms with Gasteiger partial charge in [0.25, 0.3) is 5.91 Å². The number of carbonyl (C=O) groups is 6. The van der Waals surface area contributed by atoms with E-state index in [9.17, 15) is 28.8 Å². The molecule has 0 radical (unpaired) electrons. The van der Waals surface area contributed by atoms with E-state index >= 15 is 0 Å². The summed E-state index contributed by atoms with van der Waals surface area (Å²) in [5, 5.41) is 12.9. The molecule has 1 aromatic carbocycles. The molecular weight excluding hydrogens is 614 g/mol. The SMILES string of the molecule is COCC(=O)N1CCN(C)C(=O)[C@@H](C)NC(=O)[C@H](C(C)C)NC(=O)[C@H](C)NC(=O)c2csc(n2)[C@H](Cc2ccccc2)NC(=O)C1. The normalized spacial score (nSPS) is 22.8. The minimum absolute atomic E-state index is 0.0198. The van der Waals surface area contributed by atoms with E-state index in [1.54, 1.807) is 19.2 Å². The van der Waals surface area contributed by atoms with Crippen LogP contribution in [0.3, 0.4) is 0 Å². The van der Waals surface area contributed by atoms with Crippen molar-refractivity contribution in [3.05, 3.63) is 52.0 Å². The Labute approximate surface area is 272 Å². The number of aromatic nitrogens is 1. The minimum Gasteiger partial charge on any atom is -0.375 e. The van der Waals surface area contributed by atoms with Crippen molar-refractivity contribution in [2.75, 3.05) is 40.4 Å². The van der Waals surface area contributed by atoms with Gasteiger partial charge in [-0.15, -0.1) is 11.3 Å². The van der Waals surface area contributed by atoms with Gasteiger partial charge in [0.15, 0.2) is 0 Å². The van der Waals surface area contributed by atoms with Crippen molar-refractivity contribution in [1.82, 2.24) is 36.1 Å². The zero-order valence-corrected chi connectivity index (χ0v) is 27.8. The fraction of sp³-hybridized carbons (Fsp3) is 0.516. The van der Waals surface area contributed by atoms with Crippen LogP contribution in [0.15, 0.2) is 35.7 Å². The van der Waals surface area contributed by atoms with E-state index < -0.39 is 59.6 Å². The van der Waals surface area contributed by atoms with Crippen LogP contribution in [0.5, 0.6) is 0 Å². The maximum atomic E-state index is 13.4. The van der Waals surface area contributed by atoms with Crippen molar-refractivity contribution in [3.63, 3.8) is 0 Å². The zero-order valence-electron chi connectivity index (χ0n) is 27.0. The van der Waals surface area contributed by atoms with Gasteiger partial charge in [-0.2, -0.15) is 0 Å². The van der Waals surface area contributed by atoms with Gasteiger partial charge in [0.1, 0.15) is 35.4 Å². The Kier molecular flexibility index (Phi) is 13.2. The number of methoxy groups -OCH3 is 1. The Hall–Kier alpha value is -4.37. The fourth-order valence-corrected chi connectivity index (χ4v) is 5.60. The lowest BCUT2D eigenvalue weighted by Crippen LogP contribution is -2.57. The average molecular weight is 658 g/mol. The summed E-state index contributed by atoms with van der Waals surface area (Å²) in [6, 6.07) is 5.84. The molecule has 250 valence electrons. The number of rotatable bonds is 5. The summed E-state index contributed by atoms with van der Waals surface area (Å²) in [5.74, 6) is -3.45. The highest BCUT2D eigenvalue weighted by molar-refractivity contribution is 7.09. The lowest BCUT2D eigenvalue weighted by molar-refractivity contribution is -0.141. The number of carbonyl (C=O) groups excluding carboxylic acids is 6. The third kappa shape index (κ3) is 10.1. The van der Waals surface area contributed by atoms with Gasteiger partial charge >= 0.3 is 0 Å². The maximum Gasteiger partial charge on any atom is 0.271 e. The van der Waals surface area contributed by atoms with Crippen LogP contribution in [0, 0.1) is 5.92 Å². The van der Waals surface area contributed by atoms with Crippen LogP contribution >= 0.6 is 11.3 Å². The molecule has 0 fully saturated rings. The highest BCUT2D eigenvalue weighted by Gasteiger charge is 2.31. The topological polar surface area (TPSA) is 179 Å². The summed E-state index contributed by atoms with van der Waals surface area (Å²) in [6.07, 6.45) is 0.360. The number of ether oxygens (including phenoxy) is 1. The molecule has 0 saturated carbocycles. The van der Waals surface area contributed by atoms with Crippen LogP contribution in [0.4, 0.5) is 0 Å². The number of benzene rings is 1. The first-order valence-corrected chi connectivity index (χ1v) is 15.9. The van der Waals surface area contributed by atoms with E-state index in [2.05, 4.69) is 26.3 Å². The summed E-state index contributed by atoms with van der Waals surface area (Å²) in [5.41, 5.74) is 0.970. The van der Waals surface area contributed by atoms with Crippen molar-refractivity contribution in [2.24, 2.45) is 5.92 Å². The van der Waals surface area contributed by atoms with Gasteiger partial charge in [0.2, 0.25) is 29.5 Å². The Balaban J connectivity index is 1.96. The molecule has 3 rings (SSSR count). The lowest BCUT2D eigenvalue weighted by Gasteiger charge is -2.29. The predicted molar refractivity (Wildman–Crippen MR) is 171 cm³/mol. The highest BCUT2D eigenvalue weighted by atomic mass is 32.1. The van der Waals surface area contributed by atoms with Crippen LogP contribution < -0.4 is 21.3 Å². The van der Waals surface area contributed by atoms with E-state index in [1.807, 2.05) is 30.3 Å². The second-order valence-corrected chi connectivity index (χ2v) is 12.4. The fourth-order valence-electron chi connectivity index (χ4n) is 4.75. The second kappa shape index (κ2) is 16.8. The van der Waals surface area contributed by atoms with Gasteiger partial charge in [-0.1, -0.05) is 44.2 Å². The summed E-state index contributed by atoms with van der Waals surface area (Å²) < 4.78 is 5.01. The Bertz CT molecular complexity index is 1400. The second-order valence-electron chi connectivity index (χ2n) is 11.5. The maximum absolute atomic E-state index is 13.4. The molecule has 0 aliphatic carbocycles. The van der Waals surface area contributed by atoms with Crippen LogP contribution in [0.1, 0.15) is 54.8 Å². The first kappa shape index (κ1) is 36.1. The van der Waals surface area contributed by atoms with Gasteiger partial charge in [0.05, 0.1) is 12.6 Å². The smallest absolute Gasteiger partial charge is 0.271 e. The molecule has 4 N–H and O–H groups in total. The van der Waals surface area contributed by atoms with E-state index in [0.717, 1.165) is 5.56 Å². The predicted octanol–water partition coefficient (Wildman–Crippen LogP) is 0.254. The third-order valence-electron chi connectivity index (χ3n) is 7.42. The summed E-state index contributed by atoms with van der Waals surface area (Å²) in [6.45, 7) is 6.01. The average Bonchev–Trinajstić information content (AvgIpc) is 3.51. The van der Waals surface area contributed by atoms with Crippen molar-refractivity contribution in [1.29, 1.82) is 0 Å². The summed E-state index contributed by atoms with van der Waals surface area (Å²) >= 11 is 1.17. The Morgan fingerprint density at radius 2 is 1.67 bits per heavy atom. The zero-order chi connectivity index (χ0) is 34.0. The molecule has 14 nitrogen and oxygen atoms in total. The quantitative estimate of drug-likeness (QED) is 0.354. The van der Waals surface area contributed by atoms with Crippen molar-refractivity contribution in [2.45, 2.75) is 58.3 Å². The van der Waals surface area contributed by atoms with Crippen molar-refractivity contribution < 1.29 is 33.5 Å². The van der Waals surface area contributed by atoms with Crippen LogP contribution in [-0.2, 0) is 35.1 Å². The molecule has 2 bridgehead atoms. The van der Waals surface area contributed by atoms with E-state index in [-0.39, 0.29) is 37.9 Å². The number of amides is 6. The van der Waals surface area contributed by atoms with Crippen LogP contribution in [-0.4, -0.2) is 109 Å². The molecule has 15 heteroatoms. The van der Waals surface area contributed by atoms with E-state index in [1.165, 1.54) is 49.1 Å². The van der Waals surface area contributed by atoms with Gasteiger partial charge in [-0.25, -0.2) is 4.98 Å². The number of fused-ring (bicyclic) bond motifs is 2. The number of hydrogen-bond donors (Lipinski definition) is 4. The number of likely N-dealkylation sites (N-methyl/N-ethyl adjacent to an activating group) is 1. The lowest BCUT2D eigenvalue weighted by atomic mass is 10.0. The molecule has 0 saturated heterocycles. The van der Waals surface area contributed by atoms with Gasteiger partial charge < -0.3 is 35.8 Å². The summed E-state index contributed by atoms with van der Waals surface area (Å²) in [4.78, 5) is 85.8. The van der Waals surface area contributed by atoms with E-state index in [4.69, 9.17) is 4.74 Å². The number of nitrogens with one attached hydrogen (secondary N) is 4. The summed E-state index contributed by atoms with van der Waals surface area (Å²) in [7, 11) is 2.90. The molecular formula is C31H43N7O7S. The molecule has 1 aromatic heterocycles. The molecule has 0 spiro atoms. The largest absolute Gasteiger partial charge is 0.375 e. The molecule has 2 aromatic rings. The van der Waals surface area contributed by atoms with Crippen molar-refractivity contribution in [3.8, 4) is 0 Å². The standard InChI is InChI=1S/C31H43N7O7S/c1-18(2)26-29(43)33-20(4)31(44)37(5)12-13-38(25(40)16-45-6)15-24(39)34-22(14-21-10-8-7-9-11-21)30-35-23(17-46-30)28(42)32-19(3)27(41)36-26/h7-11,17-20,22,26H,12-16H2,1-6H3,(H,32,42)(H,33,43)(H,34,39)(H,36,41)/t19-,20+,22-,26-/m0/s1. The van der Waals surface area contributed by atoms with Crippen molar-refractivity contribution >= 4 is 46.8 Å². The molecule has 6 amide bonds. The monoisotopic (exact) mass is 657 g/mol. The molecule has 1 aliphatic heterocycles. The highest BCUT2D eigenvalue weighted by Crippen LogP contribution is 2.23. The Morgan fingerprint density at radius 3 is 2.33 bits per heavy atom. The van der Waals surface area contributed by atoms with Crippen LogP contribution in [0.2, 0.25) is 0 Å². The molecule has 46 heavy (non-hydrogen) atoms. The number of hydrogen-bond acceptors (Lipinski definition) is 9. The molecule has 2 heterocycles. The molecule has 1 aliphatic rings. The molecule has 4 atom stereocenters. The minimum atomic E-state index is -1.01. The Morgan fingerprint density at radius 1 is 0.978 bits per heavy atom. The number of thiazole rings is 1.